The minimum Gasteiger partial charge on any atom is -0.357 e. The molecule has 0 aromatic heterocycles. The van der Waals surface area contributed by atoms with E-state index in [2.05, 4.69) is 54.6 Å². The number of nitrogens with zero attached hydrogens (tertiary/aromatic N) is 2. The molecule has 0 aliphatic carbocycles. The Morgan fingerprint density at radius 2 is 1.91 bits per heavy atom. The number of hydrogen-bond acceptors (Lipinski definition) is 2. The summed E-state index contributed by atoms with van der Waals surface area (Å²) in [5, 5.41) is 9.90. The maximum atomic E-state index is 5.35. The second-order valence-corrected chi connectivity index (χ2v) is 5.66. The smallest absolute Gasteiger partial charge is 0.189 e. The van der Waals surface area contributed by atoms with Crippen molar-refractivity contribution in [3.05, 3.63) is 70.8 Å². The van der Waals surface area contributed by atoms with Crippen LogP contribution in [0.2, 0.25) is 0 Å². The molecule has 0 radical (unpaired) electrons. The molecule has 2 aromatic rings. The molecule has 22 heavy (non-hydrogen) atoms. The van der Waals surface area contributed by atoms with E-state index in [1.54, 1.807) is 5.01 Å². The number of hydrazone groups is 1. The second-order valence-electron chi connectivity index (χ2n) is 5.27. The summed E-state index contributed by atoms with van der Waals surface area (Å²) in [5.74, 6) is 0. The van der Waals surface area contributed by atoms with Crippen LogP contribution in [0.4, 0.5) is 0 Å². The summed E-state index contributed by atoms with van der Waals surface area (Å²) in [4.78, 5) is 0. The van der Waals surface area contributed by atoms with Gasteiger partial charge in [-0.2, -0.15) is 5.10 Å². The molecule has 0 unspecified atom stereocenters. The highest BCUT2D eigenvalue weighted by atomic mass is 32.1. The van der Waals surface area contributed by atoms with Crippen LogP contribution in [0.25, 0.3) is 0 Å². The number of hydrogen-bond donors (Lipinski definition) is 1. The van der Waals surface area contributed by atoms with Gasteiger partial charge in [0.25, 0.3) is 0 Å². The Morgan fingerprint density at radius 1 is 1.18 bits per heavy atom. The number of aryl methyl sites for hydroxylation is 2. The van der Waals surface area contributed by atoms with Gasteiger partial charge in [0, 0.05) is 13.6 Å². The molecule has 0 saturated heterocycles. The van der Waals surface area contributed by atoms with Gasteiger partial charge in [0.1, 0.15) is 0 Å². The molecule has 1 N–H and O–H groups in total. The lowest BCUT2D eigenvalue weighted by Crippen LogP contribution is -2.33. The number of benzene rings is 2. The van der Waals surface area contributed by atoms with Gasteiger partial charge >= 0.3 is 0 Å². The minimum atomic E-state index is 0.602. The van der Waals surface area contributed by atoms with Crippen molar-refractivity contribution in [2.24, 2.45) is 5.10 Å². The largest absolute Gasteiger partial charge is 0.357 e. The predicted molar refractivity (Wildman–Crippen MR) is 97.2 cm³/mol. The fraction of sp³-hybridized carbons (Fsp3) is 0.222. The summed E-state index contributed by atoms with van der Waals surface area (Å²) < 4.78 is 0. The van der Waals surface area contributed by atoms with Crippen molar-refractivity contribution in [1.29, 1.82) is 0 Å². The van der Waals surface area contributed by atoms with Crippen molar-refractivity contribution >= 4 is 23.5 Å². The molecule has 2 aromatic carbocycles. The molecule has 0 amide bonds. The molecule has 0 aliphatic rings. The Labute approximate surface area is 137 Å². The van der Waals surface area contributed by atoms with Gasteiger partial charge < -0.3 is 5.32 Å². The van der Waals surface area contributed by atoms with Gasteiger partial charge in [0.05, 0.1) is 6.21 Å². The normalized spacial score (nSPS) is 10.7. The zero-order chi connectivity index (χ0) is 15.9. The summed E-state index contributed by atoms with van der Waals surface area (Å²) in [6.07, 6.45) is 1.85. The van der Waals surface area contributed by atoms with Crippen LogP contribution in [0.5, 0.6) is 0 Å². The first kappa shape index (κ1) is 16.2. The van der Waals surface area contributed by atoms with Crippen LogP contribution >= 0.6 is 12.2 Å². The highest BCUT2D eigenvalue weighted by molar-refractivity contribution is 7.80. The topological polar surface area (TPSA) is 27.6 Å². The van der Waals surface area contributed by atoms with Crippen molar-refractivity contribution in [3.8, 4) is 0 Å². The molecule has 0 spiro atoms. The van der Waals surface area contributed by atoms with Crippen molar-refractivity contribution < 1.29 is 0 Å². The summed E-state index contributed by atoms with van der Waals surface area (Å²) in [5.41, 5.74) is 4.72. The maximum Gasteiger partial charge on any atom is 0.189 e. The maximum absolute atomic E-state index is 5.35. The molecule has 0 atom stereocenters. The first-order valence-corrected chi connectivity index (χ1v) is 7.64. The molecular weight excluding hydrogens is 290 g/mol. The Morgan fingerprint density at radius 3 is 2.64 bits per heavy atom. The number of thiocarbonyl (C=S) groups is 1. The first-order chi connectivity index (χ1) is 10.6. The van der Waals surface area contributed by atoms with Crippen LogP contribution < -0.4 is 5.32 Å². The van der Waals surface area contributed by atoms with Crippen LogP contribution in [0.15, 0.2) is 53.6 Å². The Kier molecular flexibility index (Phi) is 5.67. The van der Waals surface area contributed by atoms with Crippen molar-refractivity contribution in [2.75, 3.05) is 7.05 Å². The quantitative estimate of drug-likeness (QED) is 0.531. The SMILES string of the molecule is Cc1ccc(C)c(/C=N\N(C)C(=S)NCc2ccccc2)c1. The zero-order valence-electron chi connectivity index (χ0n) is 13.2. The lowest BCUT2D eigenvalue weighted by Gasteiger charge is -2.16. The van der Waals surface area contributed by atoms with Crippen LogP contribution in [-0.4, -0.2) is 23.4 Å². The lowest BCUT2D eigenvalue weighted by atomic mass is 10.1. The van der Waals surface area contributed by atoms with Crippen LogP contribution in [0.3, 0.4) is 0 Å². The van der Waals surface area contributed by atoms with Crippen LogP contribution in [0, 0.1) is 13.8 Å². The lowest BCUT2D eigenvalue weighted by molar-refractivity contribution is 0.532. The van der Waals surface area contributed by atoms with Gasteiger partial charge in [-0.3, -0.25) is 0 Å². The third-order valence-corrected chi connectivity index (χ3v) is 3.79. The average molecular weight is 311 g/mol. The van der Waals surface area contributed by atoms with Gasteiger partial charge in [-0.1, -0.05) is 54.1 Å². The summed E-state index contributed by atoms with van der Waals surface area (Å²) in [7, 11) is 1.85. The molecule has 114 valence electrons. The third-order valence-electron chi connectivity index (χ3n) is 3.39. The van der Waals surface area contributed by atoms with Gasteiger partial charge in [0.2, 0.25) is 0 Å². The first-order valence-electron chi connectivity index (χ1n) is 7.23. The highest BCUT2D eigenvalue weighted by Gasteiger charge is 2.02. The summed E-state index contributed by atoms with van der Waals surface area (Å²) >= 11 is 5.35. The van der Waals surface area contributed by atoms with Gasteiger partial charge in [-0.05, 0) is 42.8 Å². The van der Waals surface area contributed by atoms with Gasteiger partial charge in [0.15, 0.2) is 5.11 Å². The molecule has 0 aliphatic heterocycles. The molecule has 0 heterocycles. The van der Waals surface area contributed by atoms with E-state index < -0.39 is 0 Å². The molecule has 0 bridgehead atoms. The molecule has 4 heteroatoms. The van der Waals surface area contributed by atoms with Gasteiger partial charge in [-0.15, -0.1) is 0 Å². The molecule has 0 saturated carbocycles. The minimum absolute atomic E-state index is 0.602. The number of rotatable bonds is 4. The fourth-order valence-electron chi connectivity index (χ4n) is 1.99. The fourth-order valence-corrected chi connectivity index (χ4v) is 2.11. The summed E-state index contributed by atoms with van der Waals surface area (Å²) in [6, 6.07) is 16.5. The van der Waals surface area contributed by atoms with Crippen molar-refractivity contribution in [3.63, 3.8) is 0 Å². The molecule has 0 fully saturated rings. The van der Waals surface area contributed by atoms with E-state index >= 15 is 0 Å². The van der Waals surface area contributed by atoms with E-state index in [9.17, 15) is 0 Å². The summed E-state index contributed by atoms with van der Waals surface area (Å²) in [6.45, 7) is 4.85. The van der Waals surface area contributed by atoms with E-state index in [1.165, 1.54) is 16.7 Å². The van der Waals surface area contributed by atoms with E-state index in [1.807, 2.05) is 31.5 Å². The molecule has 3 nitrogen and oxygen atoms in total. The molecule has 2 rings (SSSR count). The predicted octanol–water partition coefficient (Wildman–Crippen LogP) is 3.64. The van der Waals surface area contributed by atoms with E-state index in [4.69, 9.17) is 12.2 Å². The number of nitrogens with one attached hydrogen (secondary N) is 1. The second kappa shape index (κ2) is 7.71. The standard InChI is InChI=1S/C18H21N3S/c1-14-9-10-15(2)17(11-14)13-20-21(3)18(22)19-12-16-7-5-4-6-8-16/h4-11,13H,12H2,1-3H3,(H,19,22)/b20-13-. The molecular formula is C18H21N3S. The third kappa shape index (κ3) is 4.67. The van der Waals surface area contributed by atoms with Crippen LogP contribution in [-0.2, 0) is 6.54 Å². The monoisotopic (exact) mass is 311 g/mol. The van der Waals surface area contributed by atoms with E-state index in [0.29, 0.717) is 11.7 Å². The van der Waals surface area contributed by atoms with Gasteiger partial charge in [-0.25, -0.2) is 5.01 Å². The zero-order valence-corrected chi connectivity index (χ0v) is 14.0. The van der Waals surface area contributed by atoms with Crippen molar-refractivity contribution in [1.82, 2.24) is 10.3 Å². The Hall–Kier alpha value is -2.20. The van der Waals surface area contributed by atoms with E-state index in [0.717, 1.165) is 5.56 Å². The van der Waals surface area contributed by atoms with E-state index in [-0.39, 0.29) is 0 Å². The van der Waals surface area contributed by atoms with Crippen molar-refractivity contribution in [2.45, 2.75) is 20.4 Å². The highest BCUT2D eigenvalue weighted by Crippen LogP contribution is 2.08. The average Bonchev–Trinajstić information content (AvgIpc) is 2.54. The Balaban J connectivity index is 1.93. The Bertz CT molecular complexity index is 665. The van der Waals surface area contributed by atoms with Crippen LogP contribution in [0.1, 0.15) is 22.3 Å².